The van der Waals surface area contributed by atoms with Crippen LogP contribution in [0.4, 0.5) is 0 Å². The number of aromatic hydroxyl groups is 1. The number of carbonyl (C=O) groups excluding carboxylic acids is 1. The molecule has 1 aromatic carbocycles. The topological polar surface area (TPSA) is 65.0 Å². The van der Waals surface area contributed by atoms with Crippen LogP contribution >= 0.6 is 0 Å². The molecule has 0 aliphatic rings. The van der Waals surface area contributed by atoms with Gasteiger partial charge < -0.3 is 40.8 Å². The summed E-state index contributed by atoms with van der Waals surface area (Å²) in [6.07, 6.45) is 3.03. The van der Waals surface area contributed by atoms with E-state index in [1.54, 1.807) is 12.1 Å². The summed E-state index contributed by atoms with van der Waals surface area (Å²) in [4.78, 5) is 11.7. The molecule has 0 saturated carbocycles. The Morgan fingerprint density at radius 1 is 0.867 bits per heavy atom. The summed E-state index contributed by atoms with van der Waals surface area (Å²) in [6, 6.07) is 7.18. The molecule has 1 rings (SSSR count). The number of unbranched alkanes of at least 4 members (excludes halogenated alkanes) is 1. The van der Waals surface area contributed by atoms with Gasteiger partial charge in [-0.3, -0.25) is 4.79 Å². The molecule has 0 fully saturated rings. The Morgan fingerprint density at radius 3 is 2.03 bits per heavy atom. The largest absolute Gasteiger partial charge is 1.00 e. The van der Waals surface area contributed by atoms with E-state index in [1.165, 1.54) is 0 Å². The summed E-state index contributed by atoms with van der Waals surface area (Å²) in [5.41, 5.74) is 1.16. The molecule has 0 heterocycles. The van der Waals surface area contributed by atoms with E-state index in [0.717, 1.165) is 62.1 Å². The summed E-state index contributed by atoms with van der Waals surface area (Å²) in [6.45, 7) is 13.7. The van der Waals surface area contributed by atoms with E-state index >= 15 is 0 Å². The van der Waals surface area contributed by atoms with Gasteiger partial charge in [0.05, 0.1) is 46.1 Å². The number of phenols is 1. The van der Waals surface area contributed by atoms with Crippen molar-refractivity contribution in [1.29, 1.82) is 0 Å². The second-order valence-corrected chi connectivity index (χ2v) is 7.33. The van der Waals surface area contributed by atoms with E-state index in [4.69, 9.17) is 14.2 Å². The highest BCUT2D eigenvalue weighted by Gasteiger charge is 2.19. The van der Waals surface area contributed by atoms with Crippen LogP contribution in [0.15, 0.2) is 24.3 Å². The first-order valence-corrected chi connectivity index (χ1v) is 11.0. The predicted molar refractivity (Wildman–Crippen MR) is 115 cm³/mol. The van der Waals surface area contributed by atoms with Crippen LogP contribution in [-0.4, -0.2) is 74.8 Å². The third kappa shape index (κ3) is 12.5. The van der Waals surface area contributed by atoms with Gasteiger partial charge in [0.15, 0.2) is 0 Å². The van der Waals surface area contributed by atoms with Gasteiger partial charge in [0.25, 0.3) is 0 Å². The van der Waals surface area contributed by atoms with Gasteiger partial charge in [-0.2, -0.15) is 0 Å². The van der Waals surface area contributed by atoms with E-state index in [1.807, 2.05) is 12.1 Å². The van der Waals surface area contributed by atoms with E-state index < -0.39 is 0 Å². The number of rotatable bonds is 17. The predicted octanol–water partition coefficient (Wildman–Crippen LogP) is 0.562. The molecule has 0 unspecified atom stereocenters. The molecule has 30 heavy (non-hydrogen) atoms. The third-order valence-corrected chi connectivity index (χ3v) is 5.62. The lowest BCUT2D eigenvalue weighted by Crippen LogP contribution is -3.00. The van der Waals surface area contributed by atoms with Gasteiger partial charge in [-0.25, -0.2) is 0 Å². The summed E-state index contributed by atoms with van der Waals surface area (Å²) >= 11 is 0. The van der Waals surface area contributed by atoms with Crippen LogP contribution < -0.4 is 17.0 Å². The average Bonchev–Trinajstić information content (AvgIpc) is 2.74. The molecular formula is C23H40BrNO5. The number of esters is 1. The molecular weight excluding hydrogens is 450 g/mol. The normalized spacial score (nSPS) is 11.2. The summed E-state index contributed by atoms with van der Waals surface area (Å²) in [5, 5.41) is 9.25. The number of phenolic OH excluding ortho intramolecular Hbond substituents is 1. The quantitative estimate of drug-likeness (QED) is 0.197. The van der Waals surface area contributed by atoms with Crippen LogP contribution in [0.1, 0.15) is 45.6 Å². The molecule has 6 nitrogen and oxygen atoms in total. The number of quaternary nitrogens is 1. The molecule has 7 heteroatoms. The number of ether oxygens (including phenoxy) is 3. The van der Waals surface area contributed by atoms with Gasteiger partial charge in [-0.15, -0.1) is 0 Å². The molecule has 0 aromatic heterocycles. The van der Waals surface area contributed by atoms with Crippen molar-refractivity contribution in [2.75, 3.05) is 59.2 Å². The maximum Gasteiger partial charge on any atom is 0.305 e. The second-order valence-electron chi connectivity index (χ2n) is 7.33. The number of likely N-dealkylation sites (N-methyl/N-ethyl adjacent to an activating group) is 1. The Kier molecular flexibility index (Phi) is 16.9. The fraction of sp³-hybridized carbons (Fsp3) is 0.696. The maximum atomic E-state index is 11.7. The highest BCUT2D eigenvalue weighted by Crippen LogP contribution is 2.12. The number of halogens is 1. The zero-order valence-corrected chi connectivity index (χ0v) is 20.5. The molecule has 0 aliphatic heterocycles. The molecule has 0 saturated heterocycles. The minimum atomic E-state index is -0.177. The van der Waals surface area contributed by atoms with Gasteiger partial charge in [-0.1, -0.05) is 12.1 Å². The molecule has 0 amide bonds. The molecule has 174 valence electrons. The minimum absolute atomic E-state index is 0. The second kappa shape index (κ2) is 17.5. The van der Waals surface area contributed by atoms with Crippen molar-refractivity contribution in [3.63, 3.8) is 0 Å². The molecule has 0 aliphatic carbocycles. The lowest BCUT2D eigenvalue weighted by atomic mass is 10.1. The number of aryl methyl sites for hydroxylation is 1. The summed E-state index contributed by atoms with van der Waals surface area (Å²) in [7, 11) is 0. The molecule has 0 bridgehead atoms. The number of carbonyl (C=O) groups is 1. The molecule has 0 radical (unpaired) electrons. The SMILES string of the molecule is CC[N+](CC)(CC)CCOCCOCCOC(=O)CCCCc1ccc(O)cc1.[Br-]. The fourth-order valence-corrected chi connectivity index (χ4v) is 3.27. The molecule has 1 N–H and O–H groups in total. The summed E-state index contributed by atoms with van der Waals surface area (Å²) < 4.78 is 17.4. The van der Waals surface area contributed by atoms with Crippen LogP contribution in [0.5, 0.6) is 5.75 Å². The van der Waals surface area contributed by atoms with Crippen LogP contribution in [0, 0.1) is 0 Å². The molecule has 0 spiro atoms. The first-order valence-electron chi connectivity index (χ1n) is 11.0. The van der Waals surface area contributed by atoms with Crippen molar-refractivity contribution in [1.82, 2.24) is 0 Å². The van der Waals surface area contributed by atoms with Crippen LogP contribution in [0.3, 0.4) is 0 Å². The minimum Gasteiger partial charge on any atom is -1.00 e. The van der Waals surface area contributed by atoms with Crippen LogP contribution in [-0.2, 0) is 25.4 Å². The van der Waals surface area contributed by atoms with E-state index in [0.29, 0.717) is 26.2 Å². The van der Waals surface area contributed by atoms with Crippen molar-refractivity contribution in [2.24, 2.45) is 0 Å². The summed E-state index contributed by atoms with van der Waals surface area (Å²) in [5.74, 6) is 0.0974. The standard InChI is InChI=1S/C23H39NO5.BrH/c1-4-24(5-2,6-3)15-16-27-17-18-28-19-20-29-23(26)10-8-7-9-21-11-13-22(25)14-12-21;/h11-14H,4-10,15-20H2,1-3H3;1H. The first kappa shape index (κ1) is 28.9. The van der Waals surface area contributed by atoms with E-state index in [2.05, 4.69) is 20.8 Å². The maximum absolute atomic E-state index is 11.7. The van der Waals surface area contributed by atoms with Crippen molar-refractivity contribution in [3.8, 4) is 5.75 Å². The Labute approximate surface area is 192 Å². The number of hydrogen-bond donors (Lipinski definition) is 1. The van der Waals surface area contributed by atoms with Crippen molar-refractivity contribution in [3.05, 3.63) is 29.8 Å². The van der Waals surface area contributed by atoms with Crippen molar-refractivity contribution in [2.45, 2.75) is 46.5 Å². The highest BCUT2D eigenvalue weighted by atomic mass is 79.9. The van der Waals surface area contributed by atoms with Gasteiger partial charge in [0.1, 0.15) is 18.9 Å². The number of hydrogen-bond acceptors (Lipinski definition) is 5. The van der Waals surface area contributed by atoms with E-state index in [9.17, 15) is 9.90 Å². The third-order valence-electron chi connectivity index (χ3n) is 5.62. The number of benzene rings is 1. The lowest BCUT2D eigenvalue weighted by molar-refractivity contribution is -0.923. The highest BCUT2D eigenvalue weighted by molar-refractivity contribution is 5.69. The van der Waals surface area contributed by atoms with Crippen LogP contribution in [0.2, 0.25) is 0 Å². The van der Waals surface area contributed by atoms with Crippen LogP contribution in [0.25, 0.3) is 0 Å². The van der Waals surface area contributed by atoms with Gasteiger partial charge >= 0.3 is 5.97 Å². The lowest BCUT2D eigenvalue weighted by Gasteiger charge is -2.35. The van der Waals surface area contributed by atoms with Gasteiger partial charge in [0.2, 0.25) is 0 Å². The molecule has 0 atom stereocenters. The Hall–Kier alpha value is -1.15. The van der Waals surface area contributed by atoms with Crippen molar-refractivity contribution < 1.29 is 45.6 Å². The van der Waals surface area contributed by atoms with Crippen molar-refractivity contribution >= 4 is 5.97 Å². The Morgan fingerprint density at radius 2 is 1.43 bits per heavy atom. The number of nitrogens with zero attached hydrogens (tertiary/aromatic N) is 1. The van der Waals surface area contributed by atoms with E-state index in [-0.39, 0.29) is 35.3 Å². The fourth-order valence-electron chi connectivity index (χ4n) is 3.27. The Bertz CT molecular complexity index is 541. The Balaban J connectivity index is 0.00000841. The van der Waals surface area contributed by atoms with Gasteiger partial charge in [-0.05, 0) is 57.7 Å². The monoisotopic (exact) mass is 489 g/mol. The zero-order valence-electron chi connectivity index (χ0n) is 18.9. The average molecular weight is 490 g/mol. The molecule has 1 aromatic rings. The zero-order chi connectivity index (χ0) is 21.4. The van der Waals surface area contributed by atoms with Gasteiger partial charge in [0, 0.05) is 6.42 Å². The smallest absolute Gasteiger partial charge is 0.305 e. The first-order chi connectivity index (χ1) is 14.0.